The minimum absolute atomic E-state index is 0.375. The molecule has 1 heterocycles. The van der Waals surface area contributed by atoms with Crippen LogP contribution in [0.15, 0.2) is 56.1 Å². The molecule has 2 aromatic carbocycles. The normalized spacial score (nSPS) is 11.1. The maximum atomic E-state index is 11.9. The van der Waals surface area contributed by atoms with Crippen LogP contribution in [0.25, 0.3) is 11.1 Å². The second-order valence-electron chi connectivity index (χ2n) is 4.19. The molecule has 0 aliphatic carbocycles. The van der Waals surface area contributed by atoms with Crippen molar-refractivity contribution in [2.75, 3.05) is 0 Å². The van der Waals surface area contributed by atoms with Gasteiger partial charge in [-0.05, 0) is 29.8 Å². The Labute approximate surface area is 122 Å². The van der Waals surface area contributed by atoms with E-state index in [1.165, 1.54) is 0 Å². The van der Waals surface area contributed by atoms with Crippen LogP contribution in [0.3, 0.4) is 0 Å². The molecule has 0 atom stereocenters. The molecule has 0 amide bonds. The summed E-state index contributed by atoms with van der Waals surface area (Å²) in [6.45, 7) is 0.473. The predicted molar refractivity (Wildman–Crippen MR) is 78.7 cm³/mol. The molecule has 96 valence electrons. The van der Waals surface area contributed by atoms with Crippen molar-refractivity contribution in [1.29, 1.82) is 0 Å². The number of hydrogen-bond acceptors (Lipinski definition) is 2. The van der Waals surface area contributed by atoms with Gasteiger partial charge in [0.15, 0.2) is 5.58 Å². The zero-order chi connectivity index (χ0) is 13.4. The fourth-order valence-corrected chi connectivity index (χ4v) is 2.39. The van der Waals surface area contributed by atoms with Crippen molar-refractivity contribution >= 4 is 38.6 Å². The molecule has 0 saturated heterocycles. The summed E-state index contributed by atoms with van der Waals surface area (Å²) < 4.78 is 7.79. The Kier molecular flexibility index (Phi) is 3.21. The lowest BCUT2D eigenvalue weighted by atomic mass is 10.2. The number of hydrogen-bond donors (Lipinski definition) is 0. The summed E-state index contributed by atoms with van der Waals surface area (Å²) in [6.07, 6.45) is 0. The van der Waals surface area contributed by atoms with Gasteiger partial charge in [0.05, 0.1) is 12.1 Å². The van der Waals surface area contributed by atoms with E-state index in [-0.39, 0.29) is 5.76 Å². The van der Waals surface area contributed by atoms with Crippen LogP contribution in [-0.4, -0.2) is 4.57 Å². The van der Waals surface area contributed by atoms with Gasteiger partial charge in [-0.2, -0.15) is 0 Å². The molecule has 0 unspecified atom stereocenters. The molecule has 0 fully saturated rings. The monoisotopic (exact) mass is 337 g/mol. The van der Waals surface area contributed by atoms with Crippen molar-refractivity contribution < 1.29 is 4.42 Å². The topological polar surface area (TPSA) is 35.1 Å². The molecule has 19 heavy (non-hydrogen) atoms. The molecule has 0 radical (unpaired) electrons. The highest BCUT2D eigenvalue weighted by Crippen LogP contribution is 2.19. The quantitative estimate of drug-likeness (QED) is 0.706. The van der Waals surface area contributed by atoms with Gasteiger partial charge in [-0.15, -0.1) is 0 Å². The predicted octanol–water partition coefficient (Wildman–Crippen LogP) is 4.06. The summed E-state index contributed by atoms with van der Waals surface area (Å²) in [7, 11) is 0. The van der Waals surface area contributed by atoms with Crippen molar-refractivity contribution in [1.82, 2.24) is 4.57 Å². The van der Waals surface area contributed by atoms with Gasteiger partial charge in [-0.3, -0.25) is 4.57 Å². The fourth-order valence-electron chi connectivity index (χ4n) is 1.96. The van der Waals surface area contributed by atoms with Crippen LogP contribution in [-0.2, 0) is 6.54 Å². The largest absolute Gasteiger partial charge is 0.420 e. The molecular formula is C14H9BrClNO2. The summed E-state index contributed by atoms with van der Waals surface area (Å²) in [5.74, 6) is -0.375. The third-order valence-corrected chi connectivity index (χ3v) is 3.65. The van der Waals surface area contributed by atoms with E-state index >= 15 is 0 Å². The first-order chi connectivity index (χ1) is 9.13. The molecule has 0 N–H and O–H groups in total. The fraction of sp³-hybridized carbons (Fsp3) is 0.0714. The molecule has 1 aromatic heterocycles. The SMILES string of the molecule is O=c1oc2cc(Cl)ccc2n1Cc1ccc(Br)cc1. The Morgan fingerprint density at radius 2 is 1.89 bits per heavy atom. The maximum Gasteiger partial charge on any atom is 0.420 e. The van der Waals surface area contributed by atoms with Crippen molar-refractivity contribution in [3.05, 3.63) is 68.1 Å². The molecule has 0 aliphatic rings. The lowest BCUT2D eigenvalue weighted by Crippen LogP contribution is -2.14. The highest BCUT2D eigenvalue weighted by atomic mass is 79.9. The minimum atomic E-state index is -0.375. The summed E-state index contributed by atoms with van der Waals surface area (Å²) in [5, 5.41) is 0.553. The van der Waals surface area contributed by atoms with Gasteiger partial charge in [-0.1, -0.05) is 39.7 Å². The summed E-state index contributed by atoms with van der Waals surface area (Å²) in [6, 6.07) is 13.0. The van der Waals surface area contributed by atoms with Gasteiger partial charge in [0.1, 0.15) is 0 Å². The van der Waals surface area contributed by atoms with E-state index in [0.717, 1.165) is 15.6 Å². The van der Waals surface area contributed by atoms with E-state index in [2.05, 4.69) is 15.9 Å². The Balaban J connectivity index is 2.07. The smallest absolute Gasteiger partial charge is 0.408 e. The van der Waals surface area contributed by atoms with Gasteiger partial charge < -0.3 is 4.42 Å². The summed E-state index contributed by atoms with van der Waals surface area (Å²) in [5.41, 5.74) is 2.29. The Morgan fingerprint density at radius 3 is 2.63 bits per heavy atom. The Morgan fingerprint density at radius 1 is 1.16 bits per heavy atom. The first-order valence-corrected chi connectivity index (χ1v) is 6.84. The van der Waals surface area contributed by atoms with Gasteiger partial charge in [0, 0.05) is 15.6 Å². The van der Waals surface area contributed by atoms with Crippen LogP contribution in [0.1, 0.15) is 5.56 Å². The van der Waals surface area contributed by atoms with Crippen LogP contribution < -0.4 is 5.76 Å². The molecule has 0 aliphatic heterocycles. The van der Waals surface area contributed by atoms with Gasteiger partial charge in [-0.25, -0.2) is 4.79 Å². The van der Waals surface area contributed by atoms with E-state index in [1.807, 2.05) is 24.3 Å². The van der Waals surface area contributed by atoms with Crippen molar-refractivity contribution in [2.24, 2.45) is 0 Å². The highest BCUT2D eigenvalue weighted by Gasteiger charge is 2.09. The highest BCUT2D eigenvalue weighted by molar-refractivity contribution is 9.10. The summed E-state index contributed by atoms with van der Waals surface area (Å²) in [4.78, 5) is 11.9. The van der Waals surface area contributed by atoms with Gasteiger partial charge >= 0.3 is 5.76 Å². The third kappa shape index (κ3) is 2.46. The third-order valence-electron chi connectivity index (χ3n) is 2.88. The molecule has 0 bridgehead atoms. The number of benzene rings is 2. The molecule has 0 saturated carbocycles. The first-order valence-electron chi connectivity index (χ1n) is 5.67. The van der Waals surface area contributed by atoms with Crippen LogP contribution in [0, 0.1) is 0 Å². The summed E-state index contributed by atoms with van der Waals surface area (Å²) >= 11 is 9.27. The number of oxazole rings is 1. The molecule has 5 heteroatoms. The van der Waals surface area contributed by atoms with E-state index < -0.39 is 0 Å². The number of rotatable bonds is 2. The molecule has 3 rings (SSSR count). The number of halogens is 2. The lowest BCUT2D eigenvalue weighted by Gasteiger charge is -2.02. The van der Waals surface area contributed by atoms with E-state index in [9.17, 15) is 4.79 Å². The first kappa shape index (κ1) is 12.5. The molecular weight excluding hydrogens is 330 g/mol. The Hall–Kier alpha value is -1.52. The number of fused-ring (bicyclic) bond motifs is 1. The second-order valence-corrected chi connectivity index (χ2v) is 5.54. The van der Waals surface area contributed by atoms with E-state index in [0.29, 0.717) is 17.2 Å². The van der Waals surface area contributed by atoms with Crippen LogP contribution in [0.4, 0.5) is 0 Å². The zero-order valence-electron chi connectivity index (χ0n) is 9.77. The van der Waals surface area contributed by atoms with Crippen molar-refractivity contribution in [2.45, 2.75) is 6.54 Å². The van der Waals surface area contributed by atoms with Crippen molar-refractivity contribution in [3.8, 4) is 0 Å². The van der Waals surface area contributed by atoms with Crippen LogP contribution in [0.2, 0.25) is 5.02 Å². The van der Waals surface area contributed by atoms with Crippen LogP contribution >= 0.6 is 27.5 Å². The van der Waals surface area contributed by atoms with Gasteiger partial charge in [0.2, 0.25) is 0 Å². The number of aromatic nitrogens is 1. The molecule has 3 aromatic rings. The molecule has 3 nitrogen and oxygen atoms in total. The van der Waals surface area contributed by atoms with Crippen LogP contribution in [0.5, 0.6) is 0 Å². The maximum absolute atomic E-state index is 11.9. The number of nitrogens with zero attached hydrogens (tertiary/aromatic N) is 1. The lowest BCUT2D eigenvalue weighted by molar-refractivity contribution is 0.517. The van der Waals surface area contributed by atoms with E-state index in [1.54, 1.807) is 22.8 Å². The minimum Gasteiger partial charge on any atom is -0.408 e. The molecule has 0 spiro atoms. The van der Waals surface area contributed by atoms with Crippen molar-refractivity contribution in [3.63, 3.8) is 0 Å². The average molecular weight is 339 g/mol. The zero-order valence-corrected chi connectivity index (χ0v) is 12.1. The van der Waals surface area contributed by atoms with E-state index in [4.69, 9.17) is 16.0 Å². The Bertz CT molecular complexity index is 789. The van der Waals surface area contributed by atoms with Gasteiger partial charge in [0.25, 0.3) is 0 Å². The standard InChI is InChI=1S/C14H9BrClNO2/c15-10-3-1-9(2-4-10)8-17-12-6-5-11(16)7-13(12)19-14(17)18/h1-7H,8H2. The average Bonchev–Trinajstić information content (AvgIpc) is 2.68. The second kappa shape index (κ2) is 4.87.